The van der Waals surface area contributed by atoms with Gasteiger partial charge in [-0.1, -0.05) is 0 Å². The average molecular weight is 246 g/mol. The molecule has 0 saturated heterocycles. The molecule has 0 atom stereocenters. The van der Waals surface area contributed by atoms with E-state index < -0.39 is 0 Å². The second kappa shape index (κ2) is 5.04. The van der Waals surface area contributed by atoms with Gasteiger partial charge in [-0.2, -0.15) is 0 Å². The molecule has 0 aromatic carbocycles. The van der Waals surface area contributed by atoms with Gasteiger partial charge < -0.3 is 4.74 Å². The van der Waals surface area contributed by atoms with Gasteiger partial charge in [0, 0.05) is 18.4 Å². The number of carbonyl (C=O) groups excluding carboxylic acids is 1. The molecule has 1 fully saturated rings. The summed E-state index contributed by atoms with van der Waals surface area (Å²) in [7, 11) is 0. The molecule has 2 aliphatic carbocycles. The zero-order chi connectivity index (χ0) is 12.4. The largest absolute Gasteiger partial charge is 0.474 e. The van der Waals surface area contributed by atoms with E-state index in [1.807, 2.05) is 0 Å². The van der Waals surface area contributed by atoms with E-state index in [1.54, 1.807) is 6.33 Å². The van der Waals surface area contributed by atoms with Gasteiger partial charge in [0.25, 0.3) is 0 Å². The highest BCUT2D eigenvalue weighted by molar-refractivity contribution is 5.79. The van der Waals surface area contributed by atoms with Crippen LogP contribution in [-0.4, -0.2) is 21.9 Å². The van der Waals surface area contributed by atoms with Crippen molar-refractivity contribution in [2.24, 2.45) is 0 Å². The van der Waals surface area contributed by atoms with Crippen molar-refractivity contribution in [3.8, 4) is 5.88 Å². The number of hydrogen-bond donors (Lipinski definition) is 0. The van der Waals surface area contributed by atoms with Crippen LogP contribution in [0.3, 0.4) is 0 Å². The topological polar surface area (TPSA) is 52.1 Å². The van der Waals surface area contributed by atoms with Crippen LogP contribution < -0.4 is 4.74 Å². The Hall–Kier alpha value is -1.45. The lowest BCUT2D eigenvalue weighted by Gasteiger charge is -2.24. The van der Waals surface area contributed by atoms with E-state index in [4.69, 9.17) is 4.74 Å². The van der Waals surface area contributed by atoms with Crippen molar-refractivity contribution in [2.75, 3.05) is 0 Å². The van der Waals surface area contributed by atoms with Crippen molar-refractivity contribution >= 4 is 5.78 Å². The lowest BCUT2D eigenvalue weighted by Crippen LogP contribution is -2.25. The molecule has 0 bridgehead atoms. The predicted octanol–water partition coefficient (Wildman–Crippen LogP) is 2.25. The molecule has 0 N–H and O–H groups in total. The van der Waals surface area contributed by atoms with E-state index in [2.05, 4.69) is 9.97 Å². The van der Waals surface area contributed by atoms with Crippen LogP contribution >= 0.6 is 0 Å². The number of aryl methyl sites for hydroxylation is 1. The summed E-state index contributed by atoms with van der Waals surface area (Å²) in [5.74, 6) is 1.12. The third-order valence-electron chi connectivity index (χ3n) is 3.85. The number of fused-ring (bicyclic) bond motifs is 1. The molecule has 18 heavy (non-hydrogen) atoms. The molecule has 96 valence electrons. The molecule has 3 rings (SSSR count). The molecule has 0 spiro atoms. The minimum atomic E-state index is 0.156. The van der Waals surface area contributed by atoms with Crippen LogP contribution in [0.2, 0.25) is 0 Å². The monoisotopic (exact) mass is 246 g/mol. The molecule has 4 nitrogen and oxygen atoms in total. The fraction of sp³-hybridized carbons (Fsp3) is 0.643. The molecule has 1 aromatic heterocycles. The zero-order valence-electron chi connectivity index (χ0n) is 10.5. The third-order valence-corrected chi connectivity index (χ3v) is 3.85. The molecule has 0 amide bonds. The van der Waals surface area contributed by atoms with Gasteiger partial charge in [0.15, 0.2) is 0 Å². The van der Waals surface area contributed by atoms with Crippen LogP contribution in [0, 0.1) is 0 Å². The number of nitrogens with zero attached hydrogens (tertiary/aromatic N) is 2. The van der Waals surface area contributed by atoms with Crippen molar-refractivity contribution in [2.45, 2.75) is 57.5 Å². The molecule has 0 unspecified atom stereocenters. The Morgan fingerprint density at radius 3 is 2.67 bits per heavy atom. The van der Waals surface area contributed by atoms with Gasteiger partial charge in [0.2, 0.25) is 5.88 Å². The maximum Gasteiger partial charge on any atom is 0.220 e. The molecule has 0 aliphatic heterocycles. The van der Waals surface area contributed by atoms with Crippen molar-refractivity contribution in [3.05, 3.63) is 17.6 Å². The SMILES string of the molecule is O=C1CCC(Oc2ncnc3c2CCCC3)CC1. The maximum atomic E-state index is 11.2. The van der Waals surface area contributed by atoms with Crippen LogP contribution in [0.5, 0.6) is 5.88 Å². The molecule has 4 heteroatoms. The third kappa shape index (κ3) is 2.37. The summed E-state index contributed by atoms with van der Waals surface area (Å²) in [6.07, 6.45) is 9.19. The van der Waals surface area contributed by atoms with Gasteiger partial charge in [0.05, 0.1) is 5.69 Å². The summed E-state index contributed by atoms with van der Waals surface area (Å²) < 4.78 is 6.00. The number of Topliss-reactive ketones (excluding diaryl/α,β-unsaturated/α-hetero) is 1. The summed E-state index contributed by atoms with van der Waals surface area (Å²) in [6.45, 7) is 0. The maximum absolute atomic E-state index is 11.2. The van der Waals surface area contributed by atoms with E-state index in [1.165, 1.54) is 18.4 Å². The first-order chi connectivity index (χ1) is 8.83. The first kappa shape index (κ1) is 11.6. The first-order valence-electron chi connectivity index (χ1n) is 6.84. The van der Waals surface area contributed by atoms with Gasteiger partial charge in [0.1, 0.15) is 18.2 Å². The molecular formula is C14H18N2O2. The van der Waals surface area contributed by atoms with Crippen LogP contribution in [0.25, 0.3) is 0 Å². The average Bonchev–Trinajstić information content (AvgIpc) is 2.42. The Balaban J connectivity index is 1.74. The minimum Gasteiger partial charge on any atom is -0.474 e. The molecule has 2 aliphatic rings. The second-order valence-corrected chi connectivity index (χ2v) is 5.17. The number of rotatable bonds is 2. The highest BCUT2D eigenvalue weighted by atomic mass is 16.5. The van der Waals surface area contributed by atoms with Crippen LogP contribution in [0.4, 0.5) is 0 Å². The van der Waals surface area contributed by atoms with E-state index >= 15 is 0 Å². The quantitative estimate of drug-likeness (QED) is 0.803. The fourth-order valence-electron chi connectivity index (χ4n) is 2.78. The Bertz CT molecular complexity index is 449. The highest BCUT2D eigenvalue weighted by Gasteiger charge is 2.23. The first-order valence-corrected chi connectivity index (χ1v) is 6.84. The minimum absolute atomic E-state index is 0.156. The molecule has 1 aromatic rings. The number of ketones is 1. The van der Waals surface area contributed by atoms with Crippen LogP contribution in [-0.2, 0) is 17.6 Å². The van der Waals surface area contributed by atoms with Crippen molar-refractivity contribution in [1.29, 1.82) is 0 Å². The lowest BCUT2D eigenvalue weighted by atomic mass is 9.95. The normalized spacial score (nSPS) is 20.6. The Morgan fingerprint density at radius 2 is 1.83 bits per heavy atom. The lowest BCUT2D eigenvalue weighted by molar-refractivity contribution is -0.121. The van der Waals surface area contributed by atoms with Crippen molar-refractivity contribution < 1.29 is 9.53 Å². The standard InChI is InChI=1S/C14H18N2O2/c17-10-5-7-11(8-6-10)18-14-12-3-1-2-4-13(12)15-9-16-14/h9,11H,1-8H2. The fourth-order valence-corrected chi connectivity index (χ4v) is 2.78. The number of ether oxygens (including phenoxy) is 1. The van der Waals surface area contributed by atoms with Crippen LogP contribution in [0.1, 0.15) is 49.8 Å². The Labute approximate surface area is 107 Å². The number of carbonyl (C=O) groups is 1. The van der Waals surface area contributed by atoms with Gasteiger partial charge in [-0.15, -0.1) is 0 Å². The zero-order valence-corrected chi connectivity index (χ0v) is 10.5. The molecule has 0 radical (unpaired) electrons. The van der Waals surface area contributed by atoms with E-state index in [0.717, 1.165) is 37.3 Å². The smallest absolute Gasteiger partial charge is 0.220 e. The van der Waals surface area contributed by atoms with Gasteiger partial charge in [-0.25, -0.2) is 9.97 Å². The summed E-state index contributed by atoms with van der Waals surface area (Å²) in [5.41, 5.74) is 2.35. The molecule has 1 heterocycles. The number of hydrogen-bond acceptors (Lipinski definition) is 4. The van der Waals surface area contributed by atoms with Crippen LogP contribution in [0.15, 0.2) is 6.33 Å². The highest BCUT2D eigenvalue weighted by Crippen LogP contribution is 2.28. The van der Waals surface area contributed by atoms with E-state index in [-0.39, 0.29) is 6.10 Å². The molecular weight excluding hydrogens is 228 g/mol. The second-order valence-electron chi connectivity index (χ2n) is 5.17. The Kier molecular flexibility index (Phi) is 3.26. The summed E-state index contributed by atoms with van der Waals surface area (Å²) in [4.78, 5) is 19.8. The van der Waals surface area contributed by atoms with Gasteiger partial charge in [-0.05, 0) is 38.5 Å². The Morgan fingerprint density at radius 1 is 1.06 bits per heavy atom. The molecule has 1 saturated carbocycles. The summed E-state index contributed by atoms with van der Waals surface area (Å²) in [5, 5.41) is 0. The van der Waals surface area contributed by atoms with E-state index in [0.29, 0.717) is 18.6 Å². The summed E-state index contributed by atoms with van der Waals surface area (Å²) >= 11 is 0. The van der Waals surface area contributed by atoms with Crippen molar-refractivity contribution in [3.63, 3.8) is 0 Å². The summed E-state index contributed by atoms with van der Waals surface area (Å²) in [6, 6.07) is 0. The number of aromatic nitrogens is 2. The van der Waals surface area contributed by atoms with E-state index in [9.17, 15) is 4.79 Å². The predicted molar refractivity (Wildman–Crippen MR) is 66.6 cm³/mol. The van der Waals surface area contributed by atoms with Gasteiger partial charge >= 0.3 is 0 Å². The van der Waals surface area contributed by atoms with Crippen molar-refractivity contribution in [1.82, 2.24) is 9.97 Å². The van der Waals surface area contributed by atoms with Gasteiger partial charge in [-0.3, -0.25) is 4.79 Å².